The zero-order valence-electron chi connectivity index (χ0n) is 14.0. The number of likely N-dealkylation sites (tertiary alicyclic amines) is 1. The van der Waals surface area contributed by atoms with E-state index in [0.717, 1.165) is 25.1 Å². The van der Waals surface area contributed by atoms with Crippen molar-refractivity contribution in [2.24, 2.45) is 11.7 Å². The van der Waals surface area contributed by atoms with Gasteiger partial charge in [-0.05, 0) is 39.5 Å². The molecule has 2 rings (SSSR count). The first kappa shape index (κ1) is 16.7. The number of amides is 1. The van der Waals surface area contributed by atoms with Crippen LogP contribution in [0.4, 0.5) is 4.79 Å². The molecule has 0 radical (unpaired) electrons. The normalized spacial score (nSPS) is 20.2. The largest absolute Gasteiger partial charge is 0.444 e. The summed E-state index contributed by atoms with van der Waals surface area (Å²) in [5, 5.41) is 8.05. The van der Waals surface area contributed by atoms with Crippen molar-refractivity contribution in [3.05, 3.63) is 11.9 Å². The monoisotopic (exact) mass is 309 g/mol. The average molecular weight is 309 g/mol. The lowest BCUT2D eigenvalue weighted by molar-refractivity contribution is 0.0286. The number of carbonyl (C=O) groups excluding carboxylic acids is 1. The summed E-state index contributed by atoms with van der Waals surface area (Å²) >= 11 is 0. The number of nitrogens with two attached hydrogens (primary N) is 1. The number of carbonyl (C=O) groups is 1. The van der Waals surface area contributed by atoms with Crippen molar-refractivity contribution in [1.82, 2.24) is 19.9 Å². The Morgan fingerprint density at radius 3 is 2.91 bits per heavy atom. The molecule has 2 N–H and O–H groups in total. The molecule has 2 unspecified atom stereocenters. The van der Waals surface area contributed by atoms with E-state index >= 15 is 0 Å². The van der Waals surface area contributed by atoms with Crippen molar-refractivity contribution >= 4 is 6.09 Å². The van der Waals surface area contributed by atoms with Crippen LogP contribution >= 0.6 is 0 Å². The Labute approximate surface area is 131 Å². The van der Waals surface area contributed by atoms with Crippen molar-refractivity contribution in [1.29, 1.82) is 0 Å². The van der Waals surface area contributed by atoms with Gasteiger partial charge in [0.2, 0.25) is 0 Å². The third-order valence-corrected chi connectivity index (χ3v) is 3.81. The maximum Gasteiger partial charge on any atom is 0.410 e. The third-order valence-electron chi connectivity index (χ3n) is 3.81. The van der Waals surface area contributed by atoms with Gasteiger partial charge in [-0.1, -0.05) is 12.1 Å². The summed E-state index contributed by atoms with van der Waals surface area (Å²) in [5.41, 5.74) is 6.86. The Morgan fingerprint density at radius 2 is 2.27 bits per heavy atom. The highest BCUT2D eigenvalue weighted by Crippen LogP contribution is 2.28. The maximum atomic E-state index is 12.1. The average Bonchev–Trinajstić information content (AvgIpc) is 3.05. The summed E-state index contributed by atoms with van der Waals surface area (Å²) < 4.78 is 7.28. The van der Waals surface area contributed by atoms with Crippen LogP contribution in [0.1, 0.15) is 52.3 Å². The molecule has 1 aromatic rings. The van der Waals surface area contributed by atoms with Gasteiger partial charge >= 0.3 is 6.09 Å². The molecule has 1 aliphatic rings. The highest BCUT2D eigenvalue weighted by molar-refractivity contribution is 5.68. The first-order valence-electron chi connectivity index (χ1n) is 7.93. The van der Waals surface area contributed by atoms with Crippen LogP contribution in [0.3, 0.4) is 0 Å². The summed E-state index contributed by atoms with van der Waals surface area (Å²) in [5.74, 6) is 0.210. The van der Waals surface area contributed by atoms with E-state index in [0.29, 0.717) is 13.1 Å². The Kier molecular flexibility index (Phi) is 5.05. The number of ether oxygens (including phenoxy) is 1. The topological polar surface area (TPSA) is 86.3 Å². The molecule has 1 aromatic heterocycles. The quantitative estimate of drug-likeness (QED) is 0.918. The summed E-state index contributed by atoms with van der Waals surface area (Å²) in [6, 6.07) is -0.158. The summed E-state index contributed by atoms with van der Waals surface area (Å²) in [6.07, 6.45) is 3.33. The maximum absolute atomic E-state index is 12.1. The Balaban J connectivity index is 1.97. The number of hydrogen-bond acceptors (Lipinski definition) is 5. The lowest BCUT2D eigenvalue weighted by Crippen LogP contribution is -2.36. The van der Waals surface area contributed by atoms with E-state index in [9.17, 15) is 4.79 Å². The van der Waals surface area contributed by atoms with Gasteiger partial charge in [0, 0.05) is 19.6 Å². The van der Waals surface area contributed by atoms with Gasteiger partial charge in [-0.15, -0.1) is 5.10 Å². The first-order chi connectivity index (χ1) is 10.3. The first-order valence-corrected chi connectivity index (χ1v) is 7.93. The molecule has 7 heteroatoms. The molecule has 0 saturated carbocycles. The second-order valence-corrected chi connectivity index (χ2v) is 6.88. The number of aromatic nitrogens is 3. The standard InChI is InChI=1S/C15H27N5O2/c1-5-7-20-12(9-17-18-20)13(16)11-6-8-19(10-11)14(21)22-15(2,3)4/h9,11,13H,5-8,10,16H2,1-4H3. The summed E-state index contributed by atoms with van der Waals surface area (Å²) in [7, 11) is 0. The molecule has 0 bridgehead atoms. The number of hydrogen-bond donors (Lipinski definition) is 1. The van der Waals surface area contributed by atoms with Gasteiger partial charge < -0.3 is 15.4 Å². The number of rotatable bonds is 4. The van der Waals surface area contributed by atoms with Crippen molar-refractivity contribution in [2.45, 2.75) is 58.7 Å². The third kappa shape index (κ3) is 3.97. The van der Waals surface area contributed by atoms with Gasteiger partial charge in [-0.25, -0.2) is 9.48 Å². The van der Waals surface area contributed by atoms with E-state index in [1.165, 1.54) is 0 Å². The van der Waals surface area contributed by atoms with E-state index in [1.54, 1.807) is 11.1 Å². The molecule has 1 fully saturated rings. The van der Waals surface area contributed by atoms with Crippen molar-refractivity contribution in [3.8, 4) is 0 Å². The minimum atomic E-state index is -0.471. The molecule has 7 nitrogen and oxygen atoms in total. The second kappa shape index (κ2) is 6.64. The fourth-order valence-corrected chi connectivity index (χ4v) is 2.72. The minimum Gasteiger partial charge on any atom is -0.444 e. The van der Waals surface area contributed by atoms with Crippen molar-refractivity contribution in [3.63, 3.8) is 0 Å². The fraction of sp³-hybridized carbons (Fsp3) is 0.800. The molecule has 2 heterocycles. The lowest BCUT2D eigenvalue weighted by atomic mass is 9.97. The molecule has 1 amide bonds. The van der Waals surface area contributed by atoms with Crippen molar-refractivity contribution in [2.75, 3.05) is 13.1 Å². The molecule has 124 valence electrons. The molecule has 1 saturated heterocycles. The summed E-state index contributed by atoms with van der Waals surface area (Å²) in [4.78, 5) is 13.9. The van der Waals surface area contributed by atoms with Gasteiger partial charge in [0.1, 0.15) is 5.60 Å². The Bertz CT molecular complexity index is 508. The van der Waals surface area contributed by atoms with Crippen molar-refractivity contribution < 1.29 is 9.53 Å². The highest BCUT2D eigenvalue weighted by Gasteiger charge is 2.34. The van der Waals surface area contributed by atoms with E-state index in [-0.39, 0.29) is 18.1 Å². The second-order valence-electron chi connectivity index (χ2n) is 6.88. The predicted molar refractivity (Wildman–Crippen MR) is 83.2 cm³/mol. The zero-order chi connectivity index (χ0) is 16.3. The van der Waals surface area contributed by atoms with Gasteiger partial charge in [0.05, 0.1) is 17.9 Å². The lowest BCUT2D eigenvalue weighted by Gasteiger charge is -2.25. The van der Waals surface area contributed by atoms with Gasteiger partial charge in [0.25, 0.3) is 0 Å². The summed E-state index contributed by atoms with van der Waals surface area (Å²) in [6.45, 7) is 9.83. The molecule has 0 aliphatic carbocycles. The Hall–Kier alpha value is -1.63. The molecule has 2 atom stereocenters. The van der Waals surface area contributed by atoms with E-state index in [4.69, 9.17) is 10.5 Å². The van der Waals surface area contributed by atoms with E-state index in [1.807, 2.05) is 25.5 Å². The molecule has 0 spiro atoms. The molecule has 0 aromatic carbocycles. The van der Waals surface area contributed by atoms with Gasteiger partial charge in [-0.2, -0.15) is 0 Å². The Morgan fingerprint density at radius 1 is 1.55 bits per heavy atom. The SMILES string of the molecule is CCCn1nncc1C(N)C1CCN(C(=O)OC(C)(C)C)C1. The molecule has 1 aliphatic heterocycles. The van der Waals surface area contributed by atoms with Crippen LogP contribution in [0.2, 0.25) is 0 Å². The minimum absolute atomic E-state index is 0.158. The van der Waals surface area contributed by atoms with E-state index in [2.05, 4.69) is 17.2 Å². The van der Waals surface area contributed by atoms with Crippen LogP contribution in [-0.2, 0) is 11.3 Å². The zero-order valence-corrected chi connectivity index (χ0v) is 14.0. The van der Waals surface area contributed by atoms with Crippen LogP contribution in [0.5, 0.6) is 0 Å². The van der Waals surface area contributed by atoms with Crippen LogP contribution in [0, 0.1) is 5.92 Å². The number of nitrogens with zero attached hydrogens (tertiary/aromatic N) is 4. The number of aryl methyl sites for hydroxylation is 1. The van der Waals surface area contributed by atoms with Gasteiger partial charge in [0.15, 0.2) is 0 Å². The van der Waals surface area contributed by atoms with Gasteiger partial charge in [-0.3, -0.25) is 0 Å². The van der Waals surface area contributed by atoms with Crippen LogP contribution in [0.15, 0.2) is 6.20 Å². The van der Waals surface area contributed by atoms with Crippen LogP contribution in [0.25, 0.3) is 0 Å². The van der Waals surface area contributed by atoms with Crippen LogP contribution < -0.4 is 5.73 Å². The molecular weight excluding hydrogens is 282 g/mol. The van der Waals surface area contributed by atoms with E-state index < -0.39 is 5.60 Å². The fourth-order valence-electron chi connectivity index (χ4n) is 2.72. The molecular formula is C15H27N5O2. The predicted octanol–water partition coefficient (Wildman–Crippen LogP) is 1.94. The molecule has 22 heavy (non-hydrogen) atoms. The smallest absolute Gasteiger partial charge is 0.410 e. The highest BCUT2D eigenvalue weighted by atomic mass is 16.6. The van der Waals surface area contributed by atoms with Crippen LogP contribution in [-0.4, -0.2) is 44.7 Å².